The van der Waals surface area contributed by atoms with Crippen LogP contribution in [0, 0.1) is 0 Å². The van der Waals surface area contributed by atoms with E-state index in [4.69, 9.17) is 15.8 Å². The Kier molecular flexibility index (Phi) is 11.7. The molecule has 0 aromatic carbocycles. The van der Waals surface area contributed by atoms with Crippen molar-refractivity contribution in [2.45, 2.75) is 18.8 Å². The van der Waals surface area contributed by atoms with Crippen LogP contribution in [0.1, 0.15) is 13.3 Å². The molecule has 7 heavy (non-hydrogen) atoms. The third-order valence-electron chi connectivity index (χ3n) is 0.452. The Morgan fingerprint density at radius 1 is 1.86 bits per heavy atom. The topological polar surface area (TPSA) is 20.2 Å². The summed E-state index contributed by atoms with van der Waals surface area (Å²) in [5.41, 5.74) is -0.383. The van der Waals surface area contributed by atoms with E-state index < -0.39 is 0 Å². The first-order valence-corrected chi connectivity index (χ1v) is 3.47. The number of halogens is 1. The summed E-state index contributed by atoms with van der Waals surface area (Å²) in [5.74, 6) is 0. The van der Waals surface area contributed by atoms with Gasteiger partial charge in [0, 0.05) is 21.7 Å². The Balaban J connectivity index is 0. The average molecular weight is 174 g/mol. The first-order chi connectivity index (χ1) is 2.81. The molecule has 0 aromatic rings. The maximum absolute atomic E-state index is 8.50. The maximum Gasteiger partial charge on any atom is 0.114 e. The fourth-order valence-corrected chi connectivity index (χ4v) is 0.567. The maximum atomic E-state index is 8.50. The van der Waals surface area contributed by atoms with Gasteiger partial charge in [-0.1, -0.05) is 6.92 Å². The van der Waals surface area contributed by atoms with Gasteiger partial charge in [0.2, 0.25) is 0 Å². The van der Waals surface area contributed by atoms with Gasteiger partial charge >= 0.3 is 0 Å². The molecule has 0 heterocycles. The van der Waals surface area contributed by atoms with Crippen LogP contribution in [0.3, 0.4) is 0 Å². The fourth-order valence-electron chi connectivity index (χ4n) is 0.0630. The summed E-state index contributed by atoms with van der Waals surface area (Å²) < 4.78 is 0. The molecule has 0 saturated carbocycles. The molecule has 0 rings (SSSR count). The first kappa shape index (κ1) is 11.2. The van der Waals surface area contributed by atoms with Crippen molar-refractivity contribution in [2.75, 3.05) is 0 Å². The monoisotopic (exact) mass is 174 g/mol. The summed E-state index contributed by atoms with van der Waals surface area (Å²) in [6.07, 6.45) is 0.716. The van der Waals surface area contributed by atoms with Crippen LogP contribution >= 0.6 is 21.7 Å². The zero-order valence-electron chi connectivity index (χ0n) is 4.02. The first-order valence-electron chi connectivity index (χ1n) is 1.76. The molecular weight excluding hydrogens is 167 g/mol. The van der Waals surface area contributed by atoms with Crippen LogP contribution in [0.5, 0.6) is 0 Å². The molecular formula is C3H7ClOSTi. The molecule has 1 N–H and O–H groups in total. The third-order valence-corrected chi connectivity index (χ3v) is 1.61. The number of hydrogen-bond acceptors (Lipinski definition) is 2. The molecule has 1 atom stereocenters. The molecule has 1 nitrogen and oxygen atoms in total. The summed E-state index contributed by atoms with van der Waals surface area (Å²) in [4.78, 5) is 0. The van der Waals surface area contributed by atoms with Crippen molar-refractivity contribution in [1.82, 2.24) is 0 Å². The molecule has 0 aromatic heterocycles. The smallest absolute Gasteiger partial charge is 0.114 e. The number of aliphatic hydroxyl groups is 1. The van der Waals surface area contributed by atoms with Crippen LogP contribution in [0.25, 0.3) is 0 Å². The standard InChI is InChI=1S/C3H7ClOS.Ti/c1-2-3(5)6-4;/h3,5H,2H2,1H3;. The second kappa shape index (κ2) is 7.31. The van der Waals surface area contributed by atoms with Crippen molar-refractivity contribution < 1.29 is 26.8 Å². The molecule has 0 fully saturated rings. The van der Waals surface area contributed by atoms with E-state index in [1.54, 1.807) is 0 Å². The van der Waals surface area contributed by atoms with E-state index >= 15 is 0 Å². The SMILES string of the molecule is CCC(O)SCl.[Ti]. The van der Waals surface area contributed by atoms with Crippen molar-refractivity contribution in [3.63, 3.8) is 0 Å². The minimum atomic E-state index is -0.383. The van der Waals surface area contributed by atoms with Crippen molar-refractivity contribution in [3.8, 4) is 0 Å². The fraction of sp³-hybridized carbons (Fsp3) is 1.00. The van der Waals surface area contributed by atoms with Gasteiger partial charge in [-0.25, -0.2) is 0 Å². The Labute approximate surface area is 67.2 Å². The van der Waals surface area contributed by atoms with Gasteiger partial charge in [-0.15, -0.1) is 0 Å². The molecule has 1 unspecified atom stereocenters. The summed E-state index contributed by atoms with van der Waals surface area (Å²) in [6, 6.07) is 0. The van der Waals surface area contributed by atoms with Crippen molar-refractivity contribution in [1.29, 1.82) is 0 Å². The molecule has 0 aliphatic heterocycles. The predicted molar refractivity (Wildman–Crippen MR) is 29.7 cm³/mol. The molecule has 0 aliphatic carbocycles. The van der Waals surface area contributed by atoms with Gasteiger partial charge in [0.15, 0.2) is 0 Å². The van der Waals surface area contributed by atoms with E-state index in [1.165, 1.54) is 0 Å². The largest absolute Gasteiger partial charge is 0.381 e. The van der Waals surface area contributed by atoms with Gasteiger partial charge in [0.05, 0.1) is 0 Å². The van der Waals surface area contributed by atoms with E-state index in [0.717, 1.165) is 11.0 Å². The summed E-state index contributed by atoms with van der Waals surface area (Å²) >= 11 is 0. The van der Waals surface area contributed by atoms with Crippen LogP contribution in [-0.2, 0) is 21.7 Å². The number of aliphatic hydroxyl groups excluding tert-OH is 1. The Morgan fingerprint density at radius 2 is 2.29 bits per heavy atom. The van der Waals surface area contributed by atoms with Crippen molar-refractivity contribution >= 4 is 21.7 Å². The predicted octanol–water partition coefficient (Wildman–Crippen LogP) is 1.60. The van der Waals surface area contributed by atoms with Crippen LogP contribution in [-0.4, -0.2) is 10.5 Å². The molecule has 0 bridgehead atoms. The summed E-state index contributed by atoms with van der Waals surface area (Å²) in [6.45, 7) is 1.88. The zero-order valence-corrected chi connectivity index (χ0v) is 7.15. The Bertz CT molecular complexity index is 34.1. The Morgan fingerprint density at radius 3 is 2.29 bits per heavy atom. The van der Waals surface area contributed by atoms with Gasteiger partial charge in [-0.2, -0.15) is 0 Å². The van der Waals surface area contributed by atoms with Crippen LogP contribution < -0.4 is 0 Å². The quantitative estimate of drug-likeness (QED) is 0.507. The van der Waals surface area contributed by atoms with Crippen LogP contribution in [0.2, 0.25) is 0 Å². The number of hydrogen-bond donors (Lipinski definition) is 1. The second-order valence-corrected chi connectivity index (χ2v) is 2.21. The second-order valence-electron chi connectivity index (χ2n) is 0.952. The van der Waals surface area contributed by atoms with Gasteiger partial charge in [-0.3, -0.25) is 0 Å². The molecule has 0 amide bonds. The van der Waals surface area contributed by atoms with E-state index in [2.05, 4.69) is 0 Å². The van der Waals surface area contributed by atoms with Crippen molar-refractivity contribution in [2.24, 2.45) is 0 Å². The Hall–Kier alpha value is 1.31. The molecule has 0 aliphatic rings. The van der Waals surface area contributed by atoms with E-state index in [1.807, 2.05) is 6.92 Å². The molecule has 0 radical (unpaired) electrons. The molecule has 0 spiro atoms. The van der Waals surface area contributed by atoms with E-state index in [9.17, 15) is 0 Å². The van der Waals surface area contributed by atoms with Crippen LogP contribution in [0.4, 0.5) is 0 Å². The van der Waals surface area contributed by atoms with E-state index in [-0.39, 0.29) is 27.2 Å². The van der Waals surface area contributed by atoms with Gasteiger partial charge in [-0.05, 0) is 28.1 Å². The molecule has 42 valence electrons. The zero-order chi connectivity index (χ0) is 4.99. The summed E-state index contributed by atoms with van der Waals surface area (Å²) in [7, 11) is 6.07. The third kappa shape index (κ3) is 7.31. The van der Waals surface area contributed by atoms with Gasteiger partial charge in [0.25, 0.3) is 0 Å². The minimum Gasteiger partial charge on any atom is -0.381 e. The molecule has 0 saturated heterocycles. The van der Waals surface area contributed by atoms with Crippen molar-refractivity contribution in [3.05, 3.63) is 0 Å². The van der Waals surface area contributed by atoms with Crippen LogP contribution in [0.15, 0.2) is 0 Å². The van der Waals surface area contributed by atoms with Gasteiger partial charge < -0.3 is 5.11 Å². The number of rotatable bonds is 2. The normalized spacial score (nSPS) is 12.4. The average Bonchev–Trinajstić information content (AvgIpc) is 1.65. The van der Waals surface area contributed by atoms with Gasteiger partial charge in [0.1, 0.15) is 5.44 Å². The summed E-state index contributed by atoms with van der Waals surface area (Å²) in [5, 5.41) is 8.50. The minimum absolute atomic E-state index is 0. The van der Waals surface area contributed by atoms with E-state index in [0.29, 0.717) is 6.42 Å². The molecule has 4 heteroatoms.